The van der Waals surface area contributed by atoms with Crippen LogP contribution in [0.1, 0.15) is 34.5 Å². The summed E-state index contributed by atoms with van der Waals surface area (Å²) in [6.45, 7) is 1.62. The number of carbonyl (C=O) groups is 2. The van der Waals surface area contributed by atoms with E-state index in [0.717, 1.165) is 23.9 Å². The van der Waals surface area contributed by atoms with Crippen LogP contribution in [0.2, 0.25) is 0 Å². The number of nitrogens with zero attached hydrogens (tertiary/aromatic N) is 1. The van der Waals surface area contributed by atoms with E-state index in [9.17, 15) is 28.0 Å². The van der Waals surface area contributed by atoms with Crippen LogP contribution in [0.25, 0.3) is 0 Å². The van der Waals surface area contributed by atoms with E-state index >= 15 is 0 Å². The molecule has 0 saturated heterocycles. The number of furan rings is 1. The summed E-state index contributed by atoms with van der Waals surface area (Å²) in [6, 6.07) is 18.3. The Kier molecular flexibility index (Phi) is 7.55. The number of rotatable bonds is 7. The van der Waals surface area contributed by atoms with E-state index < -0.39 is 23.6 Å². The maximum absolute atomic E-state index is 13.3. The van der Waals surface area contributed by atoms with E-state index in [-0.39, 0.29) is 28.4 Å². The van der Waals surface area contributed by atoms with Crippen LogP contribution in [-0.2, 0) is 11.0 Å². The van der Waals surface area contributed by atoms with Crippen molar-refractivity contribution in [3.05, 3.63) is 112 Å². The molecule has 10 heteroatoms. The highest BCUT2D eigenvalue weighted by Gasteiger charge is 2.37. The van der Waals surface area contributed by atoms with Gasteiger partial charge in [-0.2, -0.15) is 18.4 Å². The Labute approximate surface area is 214 Å². The molecular formula is C27H20F3N3O3S. The van der Waals surface area contributed by atoms with Gasteiger partial charge in [-0.1, -0.05) is 48.2 Å². The van der Waals surface area contributed by atoms with Gasteiger partial charge in [-0.25, -0.2) is 0 Å². The van der Waals surface area contributed by atoms with Crippen molar-refractivity contribution in [2.75, 3.05) is 11.1 Å². The largest absolute Gasteiger partial charge is 0.468 e. The topological polar surface area (TPSA) is 95.1 Å². The van der Waals surface area contributed by atoms with E-state index in [1.807, 2.05) is 0 Å². The molecule has 2 aromatic carbocycles. The predicted molar refractivity (Wildman–Crippen MR) is 133 cm³/mol. The Morgan fingerprint density at radius 1 is 1.11 bits per heavy atom. The lowest BCUT2D eigenvalue weighted by molar-refractivity contribution is -0.137. The Balaban J connectivity index is 1.64. The molecule has 4 rings (SSSR count). The lowest BCUT2D eigenvalue weighted by Crippen LogP contribution is -2.30. The van der Waals surface area contributed by atoms with Crippen molar-refractivity contribution in [2.45, 2.75) is 19.0 Å². The lowest BCUT2D eigenvalue weighted by atomic mass is 9.85. The molecule has 0 radical (unpaired) electrons. The molecule has 3 aromatic rings. The SMILES string of the molecule is CC1=C(C(=O)Nc2cccc(C(F)(F)F)c2)[C@H](c2ccco2)C(C#N)=C(SCC(=O)c2ccccc2)N1. The van der Waals surface area contributed by atoms with Crippen LogP contribution in [0.4, 0.5) is 18.9 Å². The molecule has 2 heterocycles. The summed E-state index contributed by atoms with van der Waals surface area (Å²) in [5.74, 6) is -1.41. The van der Waals surface area contributed by atoms with Crippen LogP contribution in [0.5, 0.6) is 0 Å². The van der Waals surface area contributed by atoms with Crippen molar-refractivity contribution in [1.82, 2.24) is 5.32 Å². The second kappa shape index (κ2) is 10.8. The minimum atomic E-state index is -4.57. The highest BCUT2D eigenvalue weighted by atomic mass is 32.2. The Morgan fingerprint density at radius 2 is 1.86 bits per heavy atom. The monoisotopic (exact) mass is 523 g/mol. The smallest absolute Gasteiger partial charge is 0.416 e. The summed E-state index contributed by atoms with van der Waals surface area (Å²) >= 11 is 1.12. The minimum Gasteiger partial charge on any atom is -0.468 e. The molecule has 188 valence electrons. The molecule has 1 aliphatic rings. The molecule has 0 bridgehead atoms. The number of nitriles is 1. The first kappa shape index (κ1) is 25.9. The fourth-order valence-corrected chi connectivity index (χ4v) is 4.87. The zero-order valence-corrected chi connectivity index (χ0v) is 20.2. The first-order valence-electron chi connectivity index (χ1n) is 11.0. The van der Waals surface area contributed by atoms with Gasteiger partial charge >= 0.3 is 6.18 Å². The predicted octanol–water partition coefficient (Wildman–Crippen LogP) is 6.25. The molecule has 1 aromatic heterocycles. The van der Waals surface area contributed by atoms with Crippen LogP contribution >= 0.6 is 11.8 Å². The fourth-order valence-electron chi connectivity index (χ4n) is 3.88. The van der Waals surface area contributed by atoms with Crippen LogP contribution in [-0.4, -0.2) is 17.4 Å². The van der Waals surface area contributed by atoms with E-state index in [1.165, 1.54) is 18.4 Å². The van der Waals surface area contributed by atoms with Gasteiger partial charge in [0.2, 0.25) is 0 Å². The molecule has 0 spiro atoms. The summed E-state index contributed by atoms with van der Waals surface area (Å²) in [4.78, 5) is 26.0. The number of ketones is 1. The lowest BCUT2D eigenvalue weighted by Gasteiger charge is -2.28. The summed E-state index contributed by atoms with van der Waals surface area (Å²) in [7, 11) is 0. The molecule has 0 aliphatic carbocycles. The third-order valence-corrected chi connectivity index (χ3v) is 6.63. The maximum atomic E-state index is 13.3. The number of dihydropyridines is 1. The third-order valence-electron chi connectivity index (χ3n) is 5.61. The first-order chi connectivity index (χ1) is 17.7. The zero-order valence-electron chi connectivity index (χ0n) is 19.4. The van der Waals surface area contributed by atoms with E-state index in [0.29, 0.717) is 22.0 Å². The molecule has 0 saturated carbocycles. The van der Waals surface area contributed by atoms with Gasteiger partial charge in [0.1, 0.15) is 5.76 Å². The van der Waals surface area contributed by atoms with E-state index in [4.69, 9.17) is 4.42 Å². The van der Waals surface area contributed by atoms with E-state index in [1.54, 1.807) is 49.4 Å². The molecule has 0 fully saturated rings. The van der Waals surface area contributed by atoms with Crippen molar-refractivity contribution < 1.29 is 27.2 Å². The van der Waals surface area contributed by atoms with Crippen molar-refractivity contribution in [2.24, 2.45) is 0 Å². The number of halogens is 3. The number of hydrogen-bond acceptors (Lipinski definition) is 6. The van der Waals surface area contributed by atoms with Crippen LogP contribution in [0, 0.1) is 11.3 Å². The van der Waals surface area contributed by atoms with Gasteiger partial charge in [0, 0.05) is 16.9 Å². The van der Waals surface area contributed by atoms with Gasteiger partial charge in [0.25, 0.3) is 5.91 Å². The number of benzene rings is 2. The maximum Gasteiger partial charge on any atom is 0.416 e. The fraction of sp³-hybridized carbons (Fsp3) is 0.148. The van der Waals surface area contributed by atoms with Crippen molar-refractivity contribution in [1.29, 1.82) is 5.26 Å². The number of thioether (sulfide) groups is 1. The molecule has 0 unspecified atom stereocenters. The molecule has 1 atom stereocenters. The average Bonchev–Trinajstić information content (AvgIpc) is 3.41. The van der Waals surface area contributed by atoms with Gasteiger partial charge in [0.15, 0.2) is 5.78 Å². The molecule has 1 aliphatic heterocycles. The number of carbonyl (C=O) groups excluding carboxylic acids is 2. The first-order valence-corrected chi connectivity index (χ1v) is 12.0. The van der Waals surface area contributed by atoms with Crippen LogP contribution in [0.15, 0.2) is 99.3 Å². The van der Waals surface area contributed by atoms with E-state index in [2.05, 4.69) is 16.7 Å². The molecule has 1 amide bonds. The highest BCUT2D eigenvalue weighted by Crippen LogP contribution is 2.41. The van der Waals surface area contributed by atoms with Gasteiger partial charge in [0.05, 0.1) is 45.7 Å². The number of alkyl halides is 3. The molecule has 2 N–H and O–H groups in total. The second-order valence-corrected chi connectivity index (χ2v) is 9.06. The highest BCUT2D eigenvalue weighted by molar-refractivity contribution is 8.03. The quantitative estimate of drug-likeness (QED) is 0.356. The van der Waals surface area contributed by atoms with Crippen molar-refractivity contribution >= 4 is 29.1 Å². The Hall–Kier alpha value is -4.23. The molecule has 37 heavy (non-hydrogen) atoms. The number of Topliss-reactive ketones (excluding diaryl/α,β-unsaturated/α-hetero) is 1. The Bertz CT molecular complexity index is 1420. The molecular weight excluding hydrogens is 503 g/mol. The van der Waals surface area contributed by atoms with Crippen LogP contribution < -0.4 is 10.6 Å². The van der Waals surface area contributed by atoms with Crippen LogP contribution in [0.3, 0.4) is 0 Å². The zero-order chi connectivity index (χ0) is 26.6. The average molecular weight is 524 g/mol. The number of nitrogens with one attached hydrogen (secondary N) is 2. The normalized spacial score (nSPS) is 15.7. The van der Waals surface area contributed by atoms with Gasteiger partial charge in [-0.05, 0) is 37.3 Å². The van der Waals surface area contributed by atoms with Crippen molar-refractivity contribution in [3.8, 4) is 6.07 Å². The number of allylic oxidation sites excluding steroid dienone is 2. The van der Waals surface area contributed by atoms with Gasteiger partial charge < -0.3 is 15.1 Å². The second-order valence-electron chi connectivity index (χ2n) is 8.08. The Morgan fingerprint density at radius 3 is 2.51 bits per heavy atom. The summed E-state index contributed by atoms with van der Waals surface area (Å²) in [6.07, 6.45) is -3.17. The number of hydrogen-bond donors (Lipinski definition) is 2. The van der Waals surface area contributed by atoms with Gasteiger partial charge in [-0.3, -0.25) is 9.59 Å². The number of amides is 1. The third kappa shape index (κ3) is 5.78. The summed E-state index contributed by atoms with van der Waals surface area (Å²) in [5.41, 5.74) is 0.220. The number of anilines is 1. The summed E-state index contributed by atoms with van der Waals surface area (Å²) < 4.78 is 44.9. The minimum absolute atomic E-state index is 0.0431. The molecule has 6 nitrogen and oxygen atoms in total. The van der Waals surface area contributed by atoms with Crippen molar-refractivity contribution in [3.63, 3.8) is 0 Å². The standard InChI is InChI=1S/C27H20F3N3O3S/c1-16-23(25(35)33-19-10-5-9-18(13-19)27(28,29)30)24(22-11-6-12-36-22)20(14-31)26(32-16)37-15-21(34)17-7-3-2-4-8-17/h2-13,24,32H,15H2,1H3,(H,33,35)/t24-/m0/s1. The van der Waals surface area contributed by atoms with Gasteiger partial charge in [-0.15, -0.1) is 0 Å². The summed E-state index contributed by atoms with van der Waals surface area (Å²) in [5, 5.41) is 16.0.